The van der Waals surface area contributed by atoms with E-state index in [0.29, 0.717) is 0 Å². The second-order valence-electron chi connectivity index (χ2n) is 7.06. The van der Waals surface area contributed by atoms with E-state index in [0.717, 1.165) is 12.8 Å². The molecule has 0 spiro atoms. The Balaban J connectivity index is 1.79. The molecule has 0 amide bonds. The van der Waals surface area contributed by atoms with Gasteiger partial charge in [0.25, 0.3) is 0 Å². The summed E-state index contributed by atoms with van der Waals surface area (Å²) in [5.74, 6) is 0. The third-order valence-corrected chi connectivity index (χ3v) is 18.3. The molecule has 0 radical (unpaired) electrons. The van der Waals surface area contributed by atoms with Crippen LogP contribution in [-0.4, -0.2) is 0 Å². The quantitative estimate of drug-likeness (QED) is 0.536. The molecule has 0 fully saturated rings. The number of hydrogen-bond donors (Lipinski definition) is 0. The molecule has 1 heteroatoms. The predicted octanol–water partition coefficient (Wildman–Crippen LogP) is 6.23. The van der Waals surface area contributed by atoms with Crippen molar-refractivity contribution in [1.82, 2.24) is 0 Å². The van der Waals surface area contributed by atoms with Gasteiger partial charge in [0, 0.05) is 0 Å². The molecule has 2 aliphatic rings. The van der Waals surface area contributed by atoms with Crippen molar-refractivity contribution in [2.24, 2.45) is 0 Å². The molecule has 0 nitrogen and oxygen atoms in total. The van der Waals surface area contributed by atoms with Crippen LogP contribution in [0.5, 0.6) is 0 Å². The van der Waals surface area contributed by atoms with Gasteiger partial charge in [0.15, 0.2) is 0 Å². The van der Waals surface area contributed by atoms with Crippen molar-refractivity contribution in [3.05, 3.63) is 115 Å². The Bertz CT molecular complexity index is 765. The molecular formula is C24H24Zr. The molecule has 0 N–H and O–H groups in total. The van der Waals surface area contributed by atoms with Crippen LogP contribution in [0.2, 0.25) is 0 Å². The van der Waals surface area contributed by atoms with Crippen molar-refractivity contribution in [1.29, 1.82) is 0 Å². The van der Waals surface area contributed by atoms with Gasteiger partial charge in [-0.25, -0.2) is 0 Å². The molecule has 0 heterocycles. The van der Waals surface area contributed by atoms with Gasteiger partial charge < -0.3 is 0 Å². The molecule has 0 saturated heterocycles. The summed E-state index contributed by atoms with van der Waals surface area (Å²) >= 11 is -2.78. The van der Waals surface area contributed by atoms with Crippen LogP contribution in [-0.2, 0) is 28.5 Å². The van der Waals surface area contributed by atoms with Gasteiger partial charge in [-0.1, -0.05) is 0 Å². The van der Waals surface area contributed by atoms with Gasteiger partial charge in [-0.05, 0) is 0 Å². The van der Waals surface area contributed by atoms with Crippen molar-refractivity contribution in [3.8, 4) is 0 Å². The molecule has 4 rings (SSSR count). The average molecular weight is 404 g/mol. The number of rotatable bonds is 6. The van der Waals surface area contributed by atoms with Crippen LogP contribution < -0.4 is 0 Å². The van der Waals surface area contributed by atoms with Crippen molar-refractivity contribution in [3.63, 3.8) is 0 Å². The van der Waals surface area contributed by atoms with Gasteiger partial charge in [-0.3, -0.25) is 0 Å². The van der Waals surface area contributed by atoms with E-state index in [1.54, 1.807) is 6.56 Å². The van der Waals surface area contributed by atoms with E-state index < -0.39 is 20.3 Å². The number of hydrogen-bond acceptors (Lipinski definition) is 0. The van der Waals surface area contributed by atoms with E-state index in [4.69, 9.17) is 0 Å². The molecular weight excluding hydrogens is 379 g/mol. The van der Waals surface area contributed by atoms with Gasteiger partial charge in [0.1, 0.15) is 0 Å². The van der Waals surface area contributed by atoms with Gasteiger partial charge in [0.2, 0.25) is 0 Å². The van der Waals surface area contributed by atoms with Crippen molar-refractivity contribution in [2.75, 3.05) is 0 Å². The van der Waals surface area contributed by atoms with Crippen LogP contribution in [0.4, 0.5) is 0 Å². The predicted molar refractivity (Wildman–Crippen MR) is 104 cm³/mol. The molecule has 0 unspecified atom stereocenters. The first-order chi connectivity index (χ1) is 12.4. The minimum absolute atomic E-state index is 1.16. The van der Waals surface area contributed by atoms with Crippen molar-refractivity contribution >= 4 is 0 Å². The summed E-state index contributed by atoms with van der Waals surface area (Å²) in [5, 5.41) is 0. The average Bonchev–Trinajstić information content (AvgIpc) is 3.37. The van der Waals surface area contributed by atoms with Crippen LogP contribution in [0.25, 0.3) is 0 Å². The Morgan fingerprint density at radius 3 is 1.40 bits per heavy atom. The van der Waals surface area contributed by atoms with Crippen LogP contribution in [0.1, 0.15) is 24.0 Å². The first kappa shape index (κ1) is 16.7. The Hall–Kier alpha value is -1.72. The van der Waals surface area contributed by atoms with Gasteiger partial charge in [-0.15, -0.1) is 0 Å². The monoisotopic (exact) mass is 402 g/mol. The summed E-state index contributed by atoms with van der Waals surface area (Å²) < 4.78 is 6.06. The standard InChI is InChI=1S/2C7H7.2C5H5.Zr/c2*1-7-5-3-2-4-6-7;2*1-2-4-5-3-1;/h2*2-6H,1H2;2*1-3H,4H2;. The Kier molecular flexibility index (Phi) is 5.13. The SMILES string of the molecule is C1=CC[C]([Zr]([CH2]c2ccccc2)([CH2]c2ccccc2)[C]2=CC=CC2)=C1. The Morgan fingerprint density at radius 2 is 1.04 bits per heavy atom. The molecule has 0 aromatic heterocycles. The van der Waals surface area contributed by atoms with E-state index >= 15 is 0 Å². The van der Waals surface area contributed by atoms with E-state index in [1.165, 1.54) is 19.4 Å². The maximum atomic E-state index is 2.45. The minimum atomic E-state index is -2.78. The van der Waals surface area contributed by atoms with Crippen molar-refractivity contribution in [2.45, 2.75) is 21.1 Å². The van der Waals surface area contributed by atoms with Crippen LogP contribution in [0.3, 0.4) is 0 Å². The van der Waals surface area contributed by atoms with Crippen LogP contribution in [0, 0.1) is 0 Å². The maximum absolute atomic E-state index is 2.78. The van der Waals surface area contributed by atoms with E-state index in [9.17, 15) is 0 Å². The molecule has 0 aliphatic heterocycles. The topological polar surface area (TPSA) is 0 Å². The van der Waals surface area contributed by atoms with E-state index in [2.05, 4.69) is 97.1 Å². The fourth-order valence-corrected chi connectivity index (χ4v) is 16.9. The first-order valence-electron chi connectivity index (χ1n) is 9.17. The summed E-state index contributed by atoms with van der Waals surface area (Å²) in [6.07, 6.45) is 16.5. The fraction of sp³-hybridized carbons (Fsp3) is 0.167. The fourth-order valence-electron chi connectivity index (χ4n) is 4.22. The zero-order valence-electron chi connectivity index (χ0n) is 14.6. The second kappa shape index (κ2) is 7.67. The molecule has 0 bridgehead atoms. The summed E-state index contributed by atoms with van der Waals surface area (Å²) in [6, 6.07) is 22.3. The molecule has 2 aliphatic carbocycles. The number of benzene rings is 2. The molecule has 0 atom stereocenters. The third-order valence-electron chi connectivity index (χ3n) is 5.47. The zero-order chi connectivity index (χ0) is 17.0. The van der Waals surface area contributed by atoms with Crippen LogP contribution in [0.15, 0.2) is 104 Å². The summed E-state index contributed by atoms with van der Waals surface area (Å²) in [4.78, 5) is 0. The van der Waals surface area contributed by atoms with Gasteiger partial charge >= 0.3 is 156 Å². The number of allylic oxidation sites excluding steroid dienone is 8. The Labute approximate surface area is 155 Å². The second-order valence-corrected chi connectivity index (χ2v) is 17.3. The van der Waals surface area contributed by atoms with Crippen LogP contribution >= 0.6 is 0 Å². The zero-order valence-corrected chi connectivity index (χ0v) is 17.0. The Morgan fingerprint density at radius 1 is 0.600 bits per heavy atom. The molecule has 2 aromatic rings. The first-order valence-corrected chi connectivity index (χ1v) is 15.1. The van der Waals surface area contributed by atoms with Gasteiger partial charge in [0.05, 0.1) is 0 Å². The summed E-state index contributed by atoms with van der Waals surface area (Å²) in [5.41, 5.74) is 3.02. The third kappa shape index (κ3) is 3.63. The van der Waals surface area contributed by atoms with Crippen molar-refractivity contribution < 1.29 is 20.3 Å². The van der Waals surface area contributed by atoms with Gasteiger partial charge in [-0.2, -0.15) is 0 Å². The van der Waals surface area contributed by atoms with E-state index in [-0.39, 0.29) is 0 Å². The molecule has 25 heavy (non-hydrogen) atoms. The normalized spacial score (nSPS) is 16.2. The summed E-state index contributed by atoms with van der Waals surface area (Å²) in [7, 11) is 0. The summed E-state index contributed by atoms with van der Waals surface area (Å²) in [6.45, 7) is 0. The molecule has 2 aromatic carbocycles. The molecule has 0 saturated carbocycles. The van der Waals surface area contributed by atoms with E-state index in [1.807, 2.05) is 0 Å². The molecule has 124 valence electrons.